The van der Waals surface area contributed by atoms with Crippen molar-refractivity contribution >= 4 is 22.8 Å². The van der Waals surface area contributed by atoms with E-state index in [0.717, 1.165) is 60.0 Å². The third-order valence-corrected chi connectivity index (χ3v) is 6.48. The zero-order valence-electron chi connectivity index (χ0n) is 20.9. The number of pyridine rings is 1. The van der Waals surface area contributed by atoms with Crippen LogP contribution in [0, 0.1) is 12.3 Å². The van der Waals surface area contributed by atoms with Crippen molar-refractivity contribution in [3.05, 3.63) is 35.9 Å². The Labute approximate surface area is 211 Å². The highest BCUT2D eigenvalue weighted by Gasteiger charge is 2.24. The average Bonchev–Trinajstić information content (AvgIpc) is 2.92. The Morgan fingerprint density at radius 1 is 1.08 bits per heavy atom. The second kappa shape index (κ2) is 11.1. The van der Waals surface area contributed by atoms with Gasteiger partial charge < -0.3 is 29.3 Å². The number of fused-ring (bicyclic) bond motifs is 1. The lowest BCUT2D eigenvalue weighted by Crippen LogP contribution is -2.42. The monoisotopic (exact) mass is 488 g/mol. The molecule has 0 amide bonds. The fourth-order valence-electron chi connectivity index (χ4n) is 4.65. The minimum absolute atomic E-state index is 0.130. The number of anilines is 2. The van der Waals surface area contributed by atoms with Gasteiger partial charge in [-0.15, -0.1) is 6.42 Å². The van der Waals surface area contributed by atoms with E-state index < -0.39 is 0 Å². The van der Waals surface area contributed by atoms with E-state index in [9.17, 15) is 0 Å². The van der Waals surface area contributed by atoms with E-state index in [0.29, 0.717) is 44.5 Å². The molecule has 9 nitrogen and oxygen atoms in total. The maximum Gasteiger partial charge on any atom is 0.229 e. The predicted molar refractivity (Wildman–Crippen MR) is 141 cm³/mol. The molecular formula is C27H32N6O3. The van der Waals surface area contributed by atoms with Crippen molar-refractivity contribution in [3.63, 3.8) is 0 Å². The summed E-state index contributed by atoms with van der Waals surface area (Å²) in [6.07, 6.45) is 5.52. The average molecular weight is 489 g/mol. The van der Waals surface area contributed by atoms with Gasteiger partial charge in [0.1, 0.15) is 11.6 Å². The zero-order valence-corrected chi connectivity index (χ0v) is 20.9. The summed E-state index contributed by atoms with van der Waals surface area (Å²) in [5.41, 5.74) is 3.53. The molecule has 9 heteroatoms. The summed E-state index contributed by atoms with van der Waals surface area (Å²) < 4.78 is 16.9. The maximum atomic E-state index is 5.74. The van der Waals surface area contributed by atoms with E-state index >= 15 is 0 Å². The van der Waals surface area contributed by atoms with Gasteiger partial charge in [-0.1, -0.05) is 5.92 Å². The molecule has 0 unspecified atom stereocenters. The number of benzene rings is 1. The van der Waals surface area contributed by atoms with Crippen LogP contribution in [0.3, 0.4) is 0 Å². The van der Waals surface area contributed by atoms with Crippen LogP contribution < -0.4 is 19.9 Å². The number of aromatic nitrogens is 3. The largest absolute Gasteiger partial charge is 0.496 e. The summed E-state index contributed by atoms with van der Waals surface area (Å²) in [6, 6.07) is 10.2. The Balaban J connectivity index is 1.56. The zero-order chi connectivity index (χ0) is 24.9. The molecule has 4 heterocycles. The Kier molecular flexibility index (Phi) is 7.47. The fourth-order valence-corrected chi connectivity index (χ4v) is 4.65. The van der Waals surface area contributed by atoms with Crippen LogP contribution in [-0.2, 0) is 16.0 Å². The van der Waals surface area contributed by atoms with Crippen LogP contribution in [0.1, 0.15) is 12.5 Å². The molecular weight excluding hydrogens is 456 g/mol. The first-order valence-corrected chi connectivity index (χ1v) is 12.4. The number of methoxy groups -OCH3 is 1. The number of hydrogen-bond donors (Lipinski definition) is 1. The van der Waals surface area contributed by atoms with Crippen LogP contribution in [-0.4, -0.2) is 80.7 Å². The van der Waals surface area contributed by atoms with Gasteiger partial charge in [-0.05, 0) is 37.3 Å². The van der Waals surface area contributed by atoms with Crippen molar-refractivity contribution in [2.75, 3.05) is 69.5 Å². The molecule has 2 aliphatic heterocycles. The maximum absolute atomic E-state index is 5.74. The number of morpholine rings is 2. The third-order valence-electron chi connectivity index (χ3n) is 6.48. The highest BCUT2D eigenvalue weighted by atomic mass is 16.5. The summed E-state index contributed by atoms with van der Waals surface area (Å²) in [5, 5.41) is 4.18. The lowest BCUT2D eigenvalue weighted by Gasteiger charge is -2.33. The molecule has 1 aromatic carbocycles. The van der Waals surface area contributed by atoms with Crippen molar-refractivity contribution in [1.82, 2.24) is 20.3 Å². The molecule has 1 atom stereocenters. The molecule has 2 aromatic heterocycles. The minimum atomic E-state index is 0.130. The summed E-state index contributed by atoms with van der Waals surface area (Å²) in [6.45, 7) is 8.29. The molecule has 0 radical (unpaired) electrons. The SMILES string of the molecule is C#CCNCc1cc(-c2ccc3c(N4CCOCC4)nc(N4CCO[C@@H](C)C4)nc3n2)ccc1OC. The van der Waals surface area contributed by atoms with Gasteiger partial charge in [-0.3, -0.25) is 0 Å². The summed E-state index contributed by atoms with van der Waals surface area (Å²) in [5.74, 6) is 5.02. The Bertz CT molecular complexity index is 1250. The Morgan fingerprint density at radius 3 is 2.69 bits per heavy atom. The molecule has 5 rings (SSSR count). The quantitative estimate of drug-likeness (QED) is 0.398. The van der Waals surface area contributed by atoms with Crippen molar-refractivity contribution in [1.29, 1.82) is 0 Å². The smallest absolute Gasteiger partial charge is 0.229 e. The molecule has 0 aliphatic carbocycles. The van der Waals surface area contributed by atoms with Gasteiger partial charge in [0.05, 0.1) is 50.7 Å². The number of hydrogen-bond acceptors (Lipinski definition) is 9. The molecule has 0 bridgehead atoms. The molecule has 36 heavy (non-hydrogen) atoms. The standard InChI is InChI=1S/C27H32N6O3/c1-4-9-28-17-21-16-20(5-8-24(21)34-3)23-7-6-22-25(29-23)30-27(33-12-15-36-19(2)18-33)31-26(22)32-10-13-35-14-11-32/h1,5-8,16,19,28H,9-15,17-18H2,2-3H3/t19-/m0/s1. The van der Waals surface area contributed by atoms with E-state index in [1.54, 1.807) is 7.11 Å². The van der Waals surface area contributed by atoms with Crippen LogP contribution in [0.15, 0.2) is 30.3 Å². The molecule has 2 saturated heterocycles. The van der Waals surface area contributed by atoms with E-state index in [2.05, 4.69) is 40.1 Å². The fraction of sp³-hybridized carbons (Fsp3) is 0.444. The van der Waals surface area contributed by atoms with Gasteiger partial charge in [-0.25, -0.2) is 4.98 Å². The van der Waals surface area contributed by atoms with E-state index in [1.807, 2.05) is 18.2 Å². The minimum Gasteiger partial charge on any atom is -0.496 e. The summed E-state index contributed by atoms with van der Waals surface area (Å²) in [7, 11) is 1.67. The molecule has 2 aliphatic rings. The highest BCUT2D eigenvalue weighted by Crippen LogP contribution is 2.31. The Morgan fingerprint density at radius 2 is 1.92 bits per heavy atom. The molecule has 1 N–H and O–H groups in total. The summed E-state index contributed by atoms with van der Waals surface area (Å²) in [4.78, 5) is 19.4. The molecule has 0 spiro atoms. The lowest BCUT2D eigenvalue weighted by atomic mass is 10.1. The van der Waals surface area contributed by atoms with Crippen molar-refractivity contribution in [3.8, 4) is 29.4 Å². The van der Waals surface area contributed by atoms with Gasteiger partial charge in [-0.2, -0.15) is 9.97 Å². The van der Waals surface area contributed by atoms with Crippen LogP contribution in [0.5, 0.6) is 5.75 Å². The van der Waals surface area contributed by atoms with Crippen molar-refractivity contribution in [2.45, 2.75) is 19.6 Å². The Hall–Kier alpha value is -3.45. The summed E-state index contributed by atoms with van der Waals surface area (Å²) >= 11 is 0. The molecule has 2 fully saturated rings. The number of ether oxygens (including phenoxy) is 3. The number of nitrogens with one attached hydrogen (secondary N) is 1. The van der Waals surface area contributed by atoms with Gasteiger partial charge >= 0.3 is 0 Å². The van der Waals surface area contributed by atoms with Crippen LogP contribution in [0.4, 0.5) is 11.8 Å². The van der Waals surface area contributed by atoms with E-state index in [1.165, 1.54) is 0 Å². The number of nitrogens with zero attached hydrogens (tertiary/aromatic N) is 5. The van der Waals surface area contributed by atoms with Crippen LogP contribution in [0.25, 0.3) is 22.3 Å². The first-order chi connectivity index (χ1) is 17.7. The topological polar surface area (TPSA) is 84.9 Å². The second-order valence-corrected chi connectivity index (χ2v) is 8.98. The normalized spacial score (nSPS) is 18.3. The highest BCUT2D eigenvalue weighted by molar-refractivity contribution is 5.90. The van der Waals surface area contributed by atoms with Crippen LogP contribution in [0.2, 0.25) is 0 Å². The van der Waals surface area contributed by atoms with Gasteiger partial charge in [0.2, 0.25) is 5.95 Å². The van der Waals surface area contributed by atoms with Gasteiger partial charge in [0.25, 0.3) is 0 Å². The van der Waals surface area contributed by atoms with Gasteiger partial charge in [0, 0.05) is 43.9 Å². The first kappa shape index (κ1) is 24.3. The molecule has 188 valence electrons. The molecule has 0 saturated carbocycles. The van der Waals surface area contributed by atoms with Crippen molar-refractivity contribution in [2.24, 2.45) is 0 Å². The lowest BCUT2D eigenvalue weighted by molar-refractivity contribution is 0.0526. The number of rotatable bonds is 7. The third kappa shape index (κ3) is 5.21. The van der Waals surface area contributed by atoms with Gasteiger partial charge in [0.15, 0.2) is 5.65 Å². The first-order valence-electron chi connectivity index (χ1n) is 12.4. The van der Waals surface area contributed by atoms with E-state index in [-0.39, 0.29) is 6.10 Å². The second-order valence-electron chi connectivity index (χ2n) is 8.98. The van der Waals surface area contributed by atoms with Crippen molar-refractivity contribution < 1.29 is 14.2 Å². The molecule has 3 aromatic rings. The predicted octanol–water partition coefficient (Wildman–Crippen LogP) is 2.48. The van der Waals surface area contributed by atoms with Crippen LogP contribution >= 0.6 is 0 Å². The number of terminal acetylenes is 1. The van der Waals surface area contributed by atoms with E-state index in [4.69, 9.17) is 35.6 Å².